The molecule has 2 aromatic carbocycles. The van der Waals surface area contributed by atoms with E-state index in [1.54, 1.807) is 29.5 Å². The first-order chi connectivity index (χ1) is 26.7. The van der Waals surface area contributed by atoms with Crippen molar-refractivity contribution in [2.45, 2.75) is 63.3 Å². The number of thiophene rings is 2. The lowest BCUT2D eigenvalue weighted by atomic mass is 9.76. The predicted molar refractivity (Wildman–Crippen MR) is 217 cm³/mol. The monoisotopic (exact) mass is 783 g/mol. The fraction of sp³-hybridized carbons (Fsp3) is 0.405. The summed E-state index contributed by atoms with van der Waals surface area (Å²) in [5, 5.41) is 44.2. The molecule has 1 aliphatic carbocycles. The maximum atomic E-state index is 13.3. The highest BCUT2D eigenvalue weighted by atomic mass is 32.1. The second-order valence-electron chi connectivity index (χ2n) is 14.8. The molecule has 0 saturated carbocycles. The highest BCUT2D eigenvalue weighted by Crippen LogP contribution is 2.46. The Morgan fingerprint density at radius 2 is 1.78 bits per heavy atom. The quantitative estimate of drug-likeness (QED) is 0.0583. The first-order valence-corrected chi connectivity index (χ1v) is 20.8. The predicted octanol–water partition coefficient (Wildman–Crippen LogP) is 5.73. The molecular weight excluding hydrogens is 735 g/mol. The molecule has 0 radical (unpaired) electrons. The largest absolute Gasteiger partial charge is 0.506 e. The van der Waals surface area contributed by atoms with Crippen molar-refractivity contribution in [3.8, 4) is 5.75 Å². The number of rotatable bonds is 17. The van der Waals surface area contributed by atoms with Crippen LogP contribution >= 0.6 is 22.7 Å². The molecule has 55 heavy (non-hydrogen) atoms. The summed E-state index contributed by atoms with van der Waals surface area (Å²) in [7, 11) is 0. The van der Waals surface area contributed by atoms with Crippen LogP contribution in [0.2, 0.25) is 0 Å². The molecule has 3 atom stereocenters. The summed E-state index contributed by atoms with van der Waals surface area (Å²) in [5.74, 6) is -0.649. The van der Waals surface area contributed by atoms with Crippen LogP contribution in [-0.4, -0.2) is 69.8 Å². The van der Waals surface area contributed by atoms with Crippen LogP contribution < -0.4 is 21.5 Å². The van der Waals surface area contributed by atoms with Crippen LogP contribution in [0.3, 0.4) is 0 Å². The zero-order valence-electron chi connectivity index (χ0n) is 30.8. The maximum Gasteiger partial charge on any atom is 0.328 e. The number of nitrogens with zero attached hydrogens (tertiary/aromatic N) is 1. The number of carbonyl (C=O) groups is 2. The molecule has 11 nitrogen and oxygen atoms in total. The van der Waals surface area contributed by atoms with E-state index in [1.165, 1.54) is 28.3 Å². The minimum atomic E-state index is -1.20. The number of aromatic hydroxyl groups is 1. The van der Waals surface area contributed by atoms with E-state index in [1.807, 2.05) is 24.3 Å². The fourth-order valence-electron chi connectivity index (χ4n) is 8.38. The summed E-state index contributed by atoms with van der Waals surface area (Å²) in [5.41, 5.74) is 1.34. The number of carbonyl (C=O) groups excluding carboxylic acids is 1. The second-order valence-corrected chi connectivity index (χ2v) is 17.0. The number of nitrogens with one attached hydrogen (secondary N) is 4. The minimum Gasteiger partial charge on any atom is -0.506 e. The SMILES string of the molecule is O=C(NCCCCNCC(O)c1ccc(O)c2[nH]c(=O)ccc12)c1ccc(CNC2(C(=O)O)c3ccccc3CC2CC2CCN(Cc3cccs3)CC2)s1. The number of H-pyrrole nitrogens is 1. The van der Waals surface area contributed by atoms with Gasteiger partial charge in [-0.2, -0.15) is 0 Å². The van der Waals surface area contributed by atoms with E-state index in [2.05, 4.69) is 49.4 Å². The van der Waals surface area contributed by atoms with E-state index in [-0.39, 0.29) is 23.1 Å². The number of hydrogen-bond acceptors (Lipinski definition) is 10. The number of aliphatic hydroxyl groups is 1. The van der Waals surface area contributed by atoms with Crippen molar-refractivity contribution in [2.75, 3.05) is 32.7 Å². The number of amides is 1. The number of hydrogen-bond donors (Lipinski definition) is 7. The lowest BCUT2D eigenvalue weighted by molar-refractivity contribution is -0.148. The van der Waals surface area contributed by atoms with Crippen LogP contribution in [0, 0.1) is 11.8 Å². The summed E-state index contributed by atoms with van der Waals surface area (Å²) in [6.07, 6.45) is 4.42. The summed E-state index contributed by atoms with van der Waals surface area (Å²) in [6.45, 7) is 4.83. The molecule has 1 fully saturated rings. The van der Waals surface area contributed by atoms with Gasteiger partial charge in [0.2, 0.25) is 5.56 Å². The molecular formula is C42H49N5O6S2. The molecule has 1 saturated heterocycles. The standard InChI is InChI=1S/C42H49N5O6S2/c48-35-12-10-32(33-11-14-38(50)46-39(33)35)36(49)25-43-17-3-4-18-44-40(51)37-13-9-30(55-37)24-45-42(41(52)53)29(23-28-6-1-2-8-34(28)42)22-27-15-19-47(20-16-27)26-31-7-5-21-54-31/h1-2,5-14,21,27,29,36,43,45,48-49H,3-4,15-20,22-26H2,(H,44,51)(H,46,50)(H,52,53). The Morgan fingerprint density at radius 3 is 2.58 bits per heavy atom. The van der Waals surface area contributed by atoms with Gasteiger partial charge in [-0.05, 0) is 122 Å². The van der Waals surface area contributed by atoms with Gasteiger partial charge in [-0.3, -0.25) is 19.8 Å². The van der Waals surface area contributed by atoms with Crippen molar-refractivity contribution in [2.24, 2.45) is 11.8 Å². The third-order valence-electron chi connectivity index (χ3n) is 11.2. The van der Waals surface area contributed by atoms with Crippen LogP contribution in [0.5, 0.6) is 5.75 Å². The number of aromatic nitrogens is 1. The summed E-state index contributed by atoms with van der Waals surface area (Å²) in [6, 6.07) is 22.0. The number of likely N-dealkylation sites (tertiary alicyclic amines) is 1. The topological polar surface area (TPSA) is 167 Å². The zero-order valence-corrected chi connectivity index (χ0v) is 32.4. The molecule has 0 spiro atoms. The average molecular weight is 784 g/mol. The van der Waals surface area contributed by atoms with Gasteiger partial charge >= 0.3 is 5.97 Å². The van der Waals surface area contributed by atoms with Gasteiger partial charge in [0.1, 0.15) is 11.3 Å². The Balaban J connectivity index is 0.876. The lowest BCUT2D eigenvalue weighted by Gasteiger charge is -2.38. The zero-order chi connectivity index (χ0) is 38.4. The molecule has 7 N–H and O–H groups in total. The Bertz CT molecular complexity index is 2140. The number of aliphatic carboxylic acids is 1. The number of unbranched alkanes of at least 4 members (excludes halogenated alkanes) is 1. The molecule has 13 heteroatoms. The molecule has 5 aromatic rings. The number of aliphatic hydroxyl groups excluding tert-OH is 1. The first kappa shape index (κ1) is 38.9. The number of aromatic amines is 1. The van der Waals surface area contributed by atoms with Gasteiger partial charge in [0.05, 0.1) is 16.5 Å². The summed E-state index contributed by atoms with van der Waals surface area (Å²) < 4.78 is 0. The number of fused-ring (bicyclic) bond motifs is 2. The molecule has 3 unspecified atom stereocenters. The first-order valence-electron chi connectivity index (χ1n) is 19.1. The Kier molecular flexibility index (Phi) is 12.5. The number of carboxylic acids is 1. The summed E-state index contributed by atoms with van der Waals surface area (Å²) >= 11 is 3.18. The van der Waals surface area contributed by atoms with Crippen molar-refractivity contribution in [3.63, 3.8) is 0 Å². The van der Waals surface area contributed by atoms with E-state index >= 15 is 0 Å². The van der Waals surface area contributed by atoms with Gasteiger partial charge in [0.15, 0.2) is 0 Å². The number of carboxylic acid groups (broad SMARTS) is 1. The Labute approximate surface area is 328 Å². The fourth-order valence-corrected chi connectivity index (χ4v) is 9.99. The van der Waals surface area contributed by atoms with Crippen molar-refractivity contribution in [1.29, 1.82) is 0 Å². The van der Waals surface area contributed by atoms with Gasteiger partial charge in [-0.15, -0.1) is 22.7 Å². The number of phenolic OH excluding ortho intramolecular Hbond substituents is 1. The summed E-state index contributed by atoms with van der Waals surface area (Å²) in [4.78, 5) is 46.0. The Hall–Kier alpha value is -4.37. The number of pyridine rings is 1. The molecule has 1 amide bonds. The number of benzene rings is 2. The molecule has 290 valence electrons. The third-order valence-corrected chi connectivity index (χ3v) is 13.2. The van der Waals surface area contributed by atoms with Crippen LogP contribution in [-0.2, 0) is 29.8 Å². The van der Waals surface area contributed by atoms with Gasteiger partial charge in [-0.25, -0.2) is 4.79 Å². The highest BCUT2D eigenvalue weighted by Gasteiger charge is 2.53. The van der Waals surface area contributed by atoms with Gasteiger partial charge < -0.3 is 30.9 Å². The van der Waals surface area contributed by atoms with Gasteiger partial charge in [0, 0.05) is 47.4 Å². The molecule has 0 bridgehead atoms. The second kappa shape index (κ2) is 17.6. The van der Waals surface area contributed by atoms with E-state index in [9.17, 15) is 29.7 Å². The van der Waals surface area contributed by atoms with Crippen LogP contribution in [0.1, 0.15) is 74.3 Å². The van der Waals surface area contributed by atoms with Crippen LogP contribution in [0.25, 0.3) is 10.9 Å². The molecule has 7 rings (SSSR count). The normalized spacial score (nSPS) is 19.4. The van der Waals surface area contributed by atoms with Gasteiger partial charge in [-0.1, -0.05) is 36.4 Å². The maximum absolute atomic E-state index is 13.3. The van der Waals surface area contributed by atoms with Crippen LogP contribution in [0.15, 0.2) is 83.0 Å². The van der Waals surface area contributed by atoms with Crippen molar-refractivity contribution >= 4 is 45.5 Å². The highest BCUT2D eigenvalue weighted by molar-refractivity contribution is 7.14. The van der Waals surface area contributed by atoms with Crippen molar-refractivity contribution < 1.29 is 24.9 Å². The Morgan fingerprint density at radius 1 is 0.964 bits per heavy atom. The van der Waals surface area contributed by atoms with Gasteiger partial charge in [0.25, 0.3) is 5.91 Å². The smallest absolute Gasteiger partial charge is 0.328 e. The number of phenols is 1. The van der Waals surface area contributed by atoms with Crippen molar-refractivity contribution in [3.05, 3.63) is 120 Å². The number of piperidine rings is 1. The van der Waals surface area contributed by atoms with E-state index < -0.39 is 17.6 Å². The van der Waals surface area contributed by atoms with E-state index in [0.717, 1.165) is 74.2 Å². The van der Waals surface area contributed by atoms with E-state index in [4.69, 9.17) is 0 Å². The third kappa shape index (κ3) is 8.88. The molecule has 2 aliphatic rings. The molecule has 1 aliphatic heterocycles. The van der Waals surface area contributed by atoms with Crippen LogP contribution in [0.4, 0.5) is 0 Å². The lowest BCUT2D eigenvalue weighted by Crippen LogP contribution is -2.53. The molecule has 3 aromatic heterocycles. The van der Waals surface area contributed by atoms with E-state index in [0.29, 0.717) is 53.4 Å². The molecule has 4 heterocycles. The van der Waals surface area contributed by atoms with Crippen molar-refractivity contribution in [1.82, 2.24) is 25.8 Å². The average Bonchev–Trinajstić information content (AvgIpc) is 3.95. The minimum absolute atomic E-state index is 0.0491.